The van der Waals surface area contributed by atoms with E-state index >= 15 is 0 Å². The van der Waals surface area contributed by atoms with Crippen LogP contribution < -0.4 is 10.2 Å². The lowest BCUT2D eigenvalue weighted by molar-refractivity contribution is -0.870. The zero-order valence-electron chi connectivity index (χ0n) is 39.0. The summed E-state index contributed by atoms with van der Waals surface area (Å²) in [4.78, 5) is 25.3. The number of likely N-dealkylation sites (N-methyl/N-ethyl adjacent to an activating group) is 1. The number of amides is 1. The van der Waals surface area contributed by atoms with Gasteiger partial charge >= 0.3 is 0 Å². The molecule has 1 amide bonds. The molecule has 9 heteroatoms. The zero-order valence-corrected chi connectivity index (χ0v) is 39.9. The first-order valence-corrected chi connectivity index (χ1v) is 26.1. The summed E-state index contributed by atoms with van der Waals surface area (Å²) in [7, 11) is 1.30. The summed E-state index contributed by atoms with van der Waals surface area (Å²) in [5.41, 5.74) is 0. The normalized spacial score (nSPS) is 14.4. The highest BCUT2D eigenvalue weighted by atomic mass is 31.2. The lowest BCUT2D eigenvalue weighted by Crippen LogP contribution is -2.46. The SMILES string of the molecule is CCCCCCCCCCC/C=C\C/C=C\CCCCCCCCCCCC(=O)NC(COP(=O)([O-])OCC[N+](C)(C)C)C(O)CCCCCCCCCCCCC. The second-order valence-corrected chi connectivity index (χ2v) is 19.6. The van der Waals surface area contributed by atoms with Gasteiger partial charge in [-0.05, 0) is 44.9 Å². The summed E-state index contributed by atoms with van der Waals surface area (Å²) in [6.07, 6.45) is 49.1. The maximum absolute atomic E-state index is 12.9. The topological polar surface area (TPSA) is 108 Å². The number of allylic oxidation sites excluding steroid dienone is 4. The summed E-state index contributed by atoms with van der Waals surface area (Å²) >= 11 is 0. The van der Waals surface area contributed by atoms with Gasteiger partial charge in [0.05, 0.1) is 39.9 Å². The summed E-state index contributed by atoms with van der Waals surface area (Å²) in [5, 5.41) is 13.9. The molecule has 3 unspecified atom stereocenters. The highest BCUT2D eigenvalue weighted by Crippen LogP contribution is 2.38. The highest BCUT2D eigenvalue weighted by Gasteiger charge is 2.24. The highest BCUT2D eigenvalue weighted by molar-refractivity contribution is 7.45. The van der Waals surface area contributed by atoms with E-state index in [1.165, 1.54) is 161 Å². The number of carbonyl (C=O) groups is 1. The number of aliphatic hydroxyl groups excluding tert-OH is 1. The van der Waals surface area contributed by atoms with Gasteiger partial charge in [0, 0.05) is 6.42 Å². The van der Waals surface area contributed by atoms with Crippen LogP contribution >= 0.6 is 7.82 Å². The van der Waals surface area contributed by atoms with Crippen molar-refractivity contribution in [3.05, 3.63) is 24.3 Å². The van der Waals surface area contributed by atoms with Crippen LogP contribution in [0.2, 0.25) is 0 Å². The van der Waals surface area contributed by atoms with Gasteiger partial charge in [-0.1, -0.05) is 205 Å². The van der Waals surface area contributed by atoms with Gasteiger partial charge in [0.1, 0.15) is 13.2 Å². The third-order valence-electron chi connectivity index (χ3n) is 11.2. The molecule has 2 N–H and O–H groups in total. The van der Waals surface area contributed by atoms with E-state index in [0.29, 0.717) is 23.9 Å². The van der Waals surface area contributed by atoms with Crippen LogP contribution in [0.15, 0.2) is 24.3 Å². The summed E-state index contributed by atoms with van der Waals surface area (Å²) in [6, 6.07) is -0.800. The molecular weight excluding hydrogens is 744 g/mol. The van der Waals surface area contributed by atoms with Crippen molar-refractivity contribution < 1.29 is 32.9 Å². The number of phosphoric ester groups is 1. The Hall–Kier alpha value is -1.02. The van der Waals surface area contributed by atoms with Crippen molar-refractivity contribution in [2.24, 2.45) is 0 Å². The third kappa shape index (κ3) is 43.1. The summed E-state index contributed by atoms with van der Waals surface area (Å²) in [5.74, 6) is -0.169. The van der Waals surface area contributed by atoms with Gasteiger partial charge in [0.25, 0.3) is 7.82 Å². The molecule has 0 saturated carbocycles. The molecule has 0 aromatic rings. The molecule has 0 spiro atoms. The average molecular weight is 841 g/mol. The fourth-order valence-corrected chi connectivity index (χ4v) is 7.97. The number of nitrogens with zero attached hydrogens (tertiary/aromatic N) is 1. The van der Waals surface area contributed by atoms with Gasteiger partial charge in [-0.3, -0.25) is 9.36 Å². The van der Waals surface area contributed by atoms with Gasteiger partial charge in [-0.2, -0.15) is 0 Å². The molecule has 0 aromatic carbocycles. The monoisotopic (exact) mass is 841 g/mol. The minimum Gasteiger partial charge on any atom is -0.756 e. The quantitative estimate of drug-likeness (QED) is 0.0274. The first-order valence-electron chi connectivity index (χ1n) is 24.7. The average Bonchev–Trinajstić information content (AvgIpc) is 3.17. The van der Waals surface area contributed by atoms with Crippen molar-refractivity contribution in [1.29, 1.82) is 0 Å². The third-order valence-corrected chi connectivity index (χ3v) is 12.2. The van der Waals surface area contributed by atoms with Crippen molar-refractivity contribution >= 4 is 13.7 Å². The van der Waals surface area contributed by atoms with Crippen LogP contribution in [0.1, 0.15) is 232 Å². The predicted octanol–water partition coefficient (Wildman–Crippen LogP) is 13.5. The molecule has 0 rings (SSSR count). The molecule has 0 saturated heterocycles. The number of phosphoric acid groups is 1. The second kappa shape index (κ2) is 41.3. The van der Waals surface area contributed by atoms with Crippen LogP contribution in [0, 0.1) is 0 Å². The van der Waals surface area contributed by atoms with Crippen LogP contribution in [-0.4, -0.2) is 68.5 Å². The number of hydrogen-bond donors (Lipinski definition) is 2. The van der Waals surface area contributed by atoms with E-state index in [9.17, 15) is 19.4 Å². The van der Waals surface area contributed by atoms with Crippen molar-refractivity contribution in [3.63, 3.8) is 0 Å². The van der Waals surface area contributed by atoms with Gasteiger partial charge in [0.2, 0.25) is 5.91 Å². The molecule has 0 radical (unpaired) electrons. The van der Waals surface area contributed by atoms with E-state index in [0.717, 1.165) is 44.9 Å². The predicted molar refractivity (Wildman–Crippen MR) is 247 cm³/mol. The van der Waals surface area contributed by atoms with Crippen molar-refractivity contribution in [2.75, 3.05) is 40.9 Å². The Morgan fingerprint density at radius 2 is 1.00 bits per heavy atom. The molecule has 0 aromatic heterocycles. The fraction of sp³-hybridized carbons (Fsp3) is 0.898. The smallest absolute Gasteiger partial charge is 0.268 e. The van der Waals surface area contributed by atoms with Crippen LogP contribution in [0.3, 0.4) is 0 Å². The van der Waals surface area contributed by atoms with Crippen molar-refractivity contribution in [1.82, 2.24) is 5.32 Å². The van der Waals surface area contributed by atoms with Crippen LogP contribution in [0.25, 0.3) is 0 Å². The van der Waals surface area contributed by atoms with E-state index in [4.69, 9.17) is 9.05 Å². The molecule has 3 atom stereocenters. The lowest BCUT2D eigenvalue weighted by atomic mass is 10.0. The number of hydrogen-bond acceptors (Lipinski definition) is 6. The molecular formula is C49H97N2O6P. The van der Waals surface area contributed by atoms with Crippen LogP contribution in [0.5, 0.6) is 0 Å². The molecule has 0 heterocycles. The Labute approximate surface area is 360 Å². The fourth-order valence-electron chi connectivity index (χ4n) is 7.25. The zero-order chi connectivity index (χ0) is 42.8. The molecule has 58 heavy (non-hydrogen) atoms. The second-order valence-electron chi connectivity index (χ2n) is 18.2. The molecule has 344 valence electrons. The van der Waals surface area contributed by atoms with E-state index in [1.807, 2.05) is 21.1 Å². The molecule has 0 bridgehead atoms. The van der Waals surface area contributed by atoms with E-state index in [1.54, 1.807) is 0 Å². The maximum Gasteiger partial charge on any atom is 0.268 e. The Bertz CT molecular complexity index is 1000. The minimum atomic E-state index is -4.56. The number of carbonyl (C=O) groups excluding carboxylic acids is 1. The standard InChI is InChI=1S/C49H97N2O6P/c1-6-8-10-12-14-16-18-19-20-21-22-23-24-25-26-27-28-29-30-31-33-35-37-39-41-43-49(53)50-47(46-57-58(54,55)56-45-44-51(3,4)5)48(52)42-40-38-36-34-32-17-15-13-11-9-7-2/h22-23,25-26,47-48,52H,6-21,24,27-46H2,1-5H3,(H-,50,53,54,55)/b23-22-,26-25-. The summed E-state index contributed by atoms with van der Waals surface area (Å²) in [6.45, 7) is 4.71. The Kier molecular flexibility index (Phi) is 40.6. The summed E-state index contributed by atoms with van der Waals surface area (Å²) < 4.78 is 23.3. The Balaban J connectivity index is 4.16. The van der Waals surface area contributed by atoms with E-state index < -0.39 is 20.0 Å². The molecule has 0 fully saturated rings. The number of aliphatic hydroxyl groups is 1. The Morgan fingerprint density at radius 3 is 1.43 bits per heavy atom. The van der Waals surface area contributed by atoms with Gasteiger partial charge in [-0.15, -0.1) is 0 Å². The first kappa shape index (κ1) is 57.0. The first-order chi connectivity index (χ1) is 28.0. The minimum absolute atomic E-state index is 0.0119. The van der Waals surface area contributed by atoms with Crippen LogP contribution in [0.4, 0.5) is 0 Å². The molecule has 0 aliphatic heterocycles. The van der Waals surface area contributed by atoms with Gasteiger partial charge < -0.3 is 28.8 Å². The van der Waals surface area contributed by atoms with Gasteiger partial charge in [0.15, 0.2) is 0 Å². The number of nitrogens with one attached hydrogen (secondary N) is 1. The van der Waals surface area contributed by atoms with Crippen molar-refractivity contribution in [3.8, 4) is 0 Å². The molecule has 0 aliphatic rings. The number of rotatable bonds is 45. The van der Waals surface area contributed by atoms with Crippen LogP contribution in [-0.2, 0) is 18.4 Å². The largest absolute Gasteiger partial charge is 0.756 e. The Morgan fingerprint density at radius 1 is 0.603 bits per heavy atom. The molecule has 0 aliphatic carbocycles. The maximum atomic E-state index is 12.9. The molecule has 8 nitrogen and oxygen atoms in total. The van der Waals surface area contributed by atoms with E-state index in [-0.39, 0.29) is 19.1 Å². The van der Waals surface area contributed by atoms with Gasteiger partial charge in [-0.25, -0.2) is 0 Å². The van der Waals surface area contributed by atoms with Crippen molar-refractivity contribution in [2.45, 2.75) is 244 Å². The number of unbranched alkanes of at least 4 members (excludes halogenated alkanes) is 28. The lowest BCUT2D eigenvalue weighted by Gasteiger charge is -2.30. The van der Waals surface area contributed by atoms with E-state index in [2.05, 4.69) is 43.5 Å². The number of quaternary nitrogens is 1.